The van der Waals surface area contributed by atoms with Gasteiger partial charge in [0.25, 0.3) is 0 Å². The van der Waals surface area contributed by atoms with Crippen LogP contribution in [0, 0.1) is 13.8 Å². The van der Waals surface area contributed by atoms with Crippen molar-refractivity contribution >= 4 is 29.9 Å². The predicted molar refractivity (Wildman–Crippen MR) is 136 cm³/mol. The number of hydrogen-bond acceptors (Lipinski definition) is 3. The summed E-state index contributed by atoms with van der Waals surface area (Å²) in [6.45, 7) is 9.55. The van der Waals surface area contributed by atoms with Crippen molar-refractivity contribution in [2.75, 3.05) is 26.7 Å². The second-order valence-corrected chi connectivity index (χ2v) is 8.00. The van der Waals surface area contributed by atoms with Crippen molar-refractivity contribution in [2.24, 2.45) is 4.99 Å². The Morgan fingerprint density at radius 2 is 1.93 bits per heavy atom. The van der Waals surface area contributed by atoms with Gasteiger partial charge in [-0.25, -0.2) is 4.98 Å². The third kappa shape index (κ3) is 7.58. The van der Waals surface area contributed by atoms with Gasteiger partial charge in [-0.1, -0.05) is 24.3 Å². The van der Waals surface area contributed by atoms with Crippen molar-refractivity contribution in [1.29, 1.82) is 0 Å². The summed E-state index contributed by atoms with van der Waals surface area (Å²) >= 11 is 0. The fraction of sp³-hybridized carbons (Fsp3) is 0.565. The summed E-state index contributed by atoms with van der Waals surface area (Å²) in [5, 5.41) is 7.08. The van der Waals surface area contributed by atoms with Crippen LogP contribution < -0.4 is 10.6 Å². The summed E-state index contributed by atoms with van der Waals surface area (Å²) in [7, 11) is 1.86. The minimum atomic E-state index is 0. The molecule has 0 radical (unpaired) electrons. The van der Waals surface area contributed by atoms with Crippen LogP contribution in [0.1, 0.15) is 42.6 Å². The normalized spacial score (nSPS) is 15.6. The van der Waals surface area contributed by atoms with Gasteiger partial charge in [0.2, 0.25) is 0 Å². The maximum atomic E-state index is 4.41. The zero-order valence-electron chi connectivity index (χ0n) is 18.6. The molecular formula is C23H37IN6. The maximum absolute atomic E-state index is 4.41. The van der Waals surface area contributed by atoms with Crippen molar-refractivity contribution < 1.29 is 0 Å². The van der Waals surface area contributed by atoms with Crippen LogP contribution in [-0.4, -0.2) is 53.1 Å². The van der Waals surface area contributed by atoms with Crippen LogP contribution in [0.25, 0.3) is 0 Å². The topological polar surface area (TPSA) is 57.5 Å². The molecule has 0 spiro atoms. The first-order valence-electron chi connectivity index (χ1n) is 10.9. The number of nitrogens with zero attached hydrogens (tertiary/aromatic N) is 4. The van der Waals surface area contributed by atoms with Gasteiger partial charge in [-0.3, -0.25) is 9.89 Å². The Morgan fingerprint density at radius 3 is 2.60 bits per heavy atom. The van der Waals surface area contributed by atoms with Gasteiger partial charge in [-0.2, -0.15) is 0 Å². The smallest absolute Gasteiger partial charge is 0.191 e. The number of benzene rings is 1. The van der Waals surface area contributed by atoms with Crippen LogP contribution in [0.15, 0.2) is 41.7 Å². The molecule has 1 aliphatic heterocycles. The fourth-order valence-corrected chi connectivity index (χ4v) is 3.91. The molecule has 166 valence electrons. The van der Waals surface area contributed by atoms with Crippen LogP contribution in [0.3, 0.4) is 0 Å². The number of aliphatic imine (C=N–C) groups is 1. The molecule has 1 aromatic carbocycles. The first-order chi connectivity index (χ1) is 14.2. The maximum Gasteiger partial charge on any atom is 0.191 e. The van der Waals surface area contributed by atoms with E-state index in [4.69, 9.17) is 0 Å². The Bertz CT molecular complexity index is 780. The van der Waals surface area contributed by atoms with Crippen LogP contribution in [0.4, 0.5) is 0 Å². The predicted octanol–water partition coefficient (Wildman–Crippen LogP) is 3.73. The lowest BCUT2D eigenvalue weighted by Gasteiger charge is -2.33. The van der Waals surface area contributed by atoms with E-state index in [-0.39, 0.29) is 24.0 Å². The highest BCUT2D eigenvalue weighted by molar-refractivity contribution is 14.0. The number of likely N-dealkylation sites (tertiary alicyclic amines) is 1. The third-order valence-electron chi connectivity index (χ3n) is 5.85. The van der Waals surface area contributed by atoms with Crippen molar-refractivity contribution in [1.82, 2.24) is 25.1 Å². The Kier molecular flexibility index (Phi) is 10.6. The molecule has 1 aromatic heterocycles. The number of halogens is 1. The van der Waals surface area contributed by atoms with E-state index in [0.29, 0.717) is 6.04 Å². The fourth-order valence-electron chi connectivity index (χ4n) is 3.91. The van der Waals surface area contributed by atoms with Gasteiger partial charge < -0.3 is 15.2 Å². The van der Waals surface area contributed by atoms with Gasteiger partial charge in [-0.15, -0.1) is 24.0 Å². The zero-order valence-corrected chi connectivity index (χ0v) is 20.9. The Morgan fingerprint density at radius 1 is 1.17 bits per heavy atom. The summed E-state index contributed by atoms with van der Waals surface area (Å²) in [5.74, 6) is 2.02. The second-order valence-electron chi connectivity index (χ2n) is 8.00. The largest absolute Gasteiger partial charge is 0.356 e. The average Bonchev–Trinajstić information content (AvgIpc) is 3.14. The van der Waals surface area contributed by atoms with Gasteiger partial charge in [0, 0.05) is 58.2 Å². The van der Waals surface area contributed by atoms with Crippen molar-refractivity contribution in [3.8, 4) is 0 Å². The van der Waals surface area contributed by atoms with E-state index in [1.807, 2.05) is 13.2 Å². The minimum absolute atomic E-state index is 0. The Hall–Kier alpha value is -1.61. The van der Waals surface area contributed by atoms with E-state index < -0.39 is 0 Å². The van der Waals surface area contributed by atoms with Crippen molar-refractivity contribution in [3.05, 3.63) is 53.6 Å². The van der Waals surface area contributed by atoms with Crippen molar-refractivity contribution in [2.45, 2.75) is 58.7 Å². The molecule has 1 fully saturated rings. The van der Waals surface area contributed by atoms with Crippen molar-refractivity contribution in [3.63, 3.8) is 0 Å². The summed E-state index contributed by atoms with van der Waals surface area (Å²) in [6.07, 6.45) is 8.49. The van der Waals surface area contributed by atoms with Crippen LogP contribution in [0.5, 0.6) is 0 Å². The lowest BCUT2D eigenvalue weighted by Crippen LogP contribution is -2.48. The molecule has 1 aliphatic rings. The molecule has 0 unspecified atom stereocenters. The van der Waals surface area contributed by atoms with E-state index in [1.165, 1.54) is 11.1 Å². The molecule has 3 rings (SSSR count). The number of aromatic nitrogens is 2. The number of aryl methyl sites for hydroxylation is 3. The molecule has 1 saturated heterocycles. The van der Waals surface area contributed by atoms with Gasteiger partial charge >= 0.3 is 0 Å². The summed E-state index contributed by atoms with van der Waals surface area (Å²) in [5.41, 5.74) is 2.84. The van der Waals surface area contributed by atoms with Gasteiger partial charge in [0.1, 0.15) is 5.82 Å². The number of guanidine groups is 1. The molecule has 0 bridgehead atoms. The number of nitrogens with one attached hydrogen (secondary N) is 2. The molecule has 0 atom stereocenters. The van der Waals surface area contributed by atoms with Crippen LogP contribution in [-0.2, 0) is 13.1 Å². The molecule has 2 aromatic rings. The highest BCUT2D eigenvalue weighted by Gasteiger charge is 2.20. The Labute approximate surface area is 198 Å². The van der Waals surface area contributed by atoms with E-state index in [1.54, 1.807) is 0 Å². The lowest BCUT2D eigenvalue weighted by atomic mass is 10.0. The standard InChI is InChI=1S/C23H36N6.HI/c1-19-8-4-5-9-21(19)18-28-15-10-22(11-16-28)27-23(24-3)26-12-6-7-14-29-17-13-25-20(29)2;/h4-5,8-9,13,17,22H,6-7,10-12,14-16,18H2,1-3H3,(H2,24,26,27);1H. The molecule has 30 heavy (non-hydrogen) atoms. The van der Waals surface area contributed by atoms with Gasteiger partial charge in [-0.05, 0) is 50.7 Å². The molecule has 2 N–H and O–H groups in total. The number of imidazole rings is 1. The van der Waals surface area contributed by atoms with Gasteiger partial charge in [0.15, 0.2) is 5.96 Å². The molecule has 0 amide bonds. The molecular weight excluding hydrogens is 487 g/mol. The number of piperidine rings is 1. The van der Waals surface area contributed by atoms with E-state index >= 15 is 0 Å². The summed E-state index contributed by atoms with van der Waals surface area (Å²) in [6, 6.07) is 9.22. The summed E-state index contributed by atoms with van der Waals surface area (Å²) < 4.78 is 2.21. The van der Waals surface area contributed by atoms with Crippen LogP contribution in [0.2, 0.25) is 0 Å². The number of rotatable bonds is 8. The minimum Gasteiger partial charge on any atom is -0.356 e. The zero-order chi connectivity index (χ0) is 20.5. The highest BCUT2D eigenvalue weighted by Crippen LogP contribution is 2.16. The Balaban J connectivity index is 0.00000320. The number of unbranched alkanes of at least 4 members (excludes halogenated alkanes) is 1. The molecule has 0 aliphatic carbocycles. The first-order valence-corrected chi connectivity index (χ1v) is 10.9. The molecule has 7 heteroatoms. The van der Waals surface area contributed by atoms with E-state index in [0.717, 1.165) is 70.2 Å². The quantitative estimate of drug-likeness (QED) is 0.239. The second kappa shape index (κ2) is 12.9. The highest BCUT2D eigenvalue weighted by atomic mass is 127. The third-order valence-corrected chi connectivity index (χ3v) is 5.85. The van der Waals surface area contributed by atoms with E-state index in [9.17, 15) is 0 Å². The molecule has 6 nitrogen and oxygen atoms in total. The number of hydrogen-bond donors (Lipinski definition) is 2. The first kappa shape index (κ1) is 24.7. The molecule has 0 saturated carbocycles. The van der Waals surface area contributed by atoms with E-state index in [2.05, 4.69) is 74.4 Å². The van der Waals surface area contributed by atoms with Gasteiger partial charge in [0.05, 0.1) is 0 Å². The SMILES string of the molecule is CN=C(NCCCCn1ccnc1C)NC1CCN(Cc2ccccc2C)CC1.I. The lowest BCUT2D eigenvalue weighted by molar-refractivity contribution is 0.198. The van der Waals surface area contributed by atoms with Crippen LogP contribution >= 0.6 is 24.0 Å². The molecule has 2 heterocycles. The average molecular weight is 524 g/mol. The monoisotopic (exact) mass is 524 g/mol. The summed E-state index contributed by atoms with van der Waals surface area (Å²) in [4.78, 5) is 11.2.